The molecule has 18 heavy (non-hydrogen) atoms. The van der Waals surface area contributed by atoms with Crippen molar-refractivity contribution >= 4 is 10.8 Å². The van der Waals surface area contributed by atoms with E-state index in [-0.39, 0.29) is 5.56 Å². The molecule has 0 radical (unpaired) electrons. The molecule has 2 aromatic carbocycles. The molecule has 2 nitrogen and oxygen atoms in total. The standard InChI is InChI=1S/C16H13NO/c1-11-7-8-13-10-15(12-5-3-2-4-6-12)17-16(18)14(13)9-11/h2-10H,1H3,(H,17,18). The molecule has 0 aliphatic carbocycles. The van der Waals surface area contributed by atoms with Crippen LogP contribution >= 0.6 is 0 Å². The van der Waals surface area contributed by atoms with Crippen LogP contribution in [0.3, 0.4) is 0 Å². The van der Waals surface area contributed by atoms with Gasteiger partial charge in [0.1, 0.15) is 0 Å². The van der Waals surface area contributed by atoms with E-state index in [1.54, 1.807) is 0 Å². The Balaban J connectivity index is 2.29. The second kappa shape index (κ2) is 4.15. The maximum atomic E-state index is 12.1. The zero-order valence-electron chi connectivity index (χ0n) is 10.1. The van der Waals surface area contributed by atoms with Gasteiger partial charge < -0.3 is 4.98 Å². The average molecular weight is 235 g/mol. The minimum atomic E-state index is -0.0324. The van der Waals surface area contributed by atoms with Gasteiger partial charge in [-0.3, -0.25) is 4.79 Å². The second-order valence-corrected chi connectivity index (χ2v) is 4.47. The fourth-order valence-electron chi connectivity index (χ4n) is 2.15. The molecule has 0 amide bonds. The minimum absolute atomic E-state index is 0.0324. The normalized spacial score (nSPS) is 10.7. The third kappa shape index (κ3) is 1.82. The summed E-state index contributed by atoms with van der Waals surface area (Å²) in [5, 5.41) is 1.72. The predicted octanol–water partition coefficient (Wildman–Crippen LogP) is 3.50. The summed E-state index contributed by atoms with van der Waals surface area (Å²) < 4.78 is 0. The van der Waals surface area contributed by atoms with E-state index in [0.29, 0.717) is 0 Å². The fraction of sp³-hybridized carbons (Fsp3) is 0.0625. The number of aromatic amines is 1. The molecule has 0 unspecified atom stereocenters. The first-order valence-electron chi connectivity index (χ1n) is 5.93. The maximum absolute atomic E-state index is 12.1. The van der Waals surface area contributed by atoms with Crippen LogP contribution in [-0.4, -0.2) is 4.98 Å². The highest BCUT2D eigenvalue weighted by molar-refractivity contribution is 5.85. The Kier molecular flexibility index (Phi) is 2.49. The number of rotatable bonds is 1. The van der Waals surface area contributed by atoms with E-state index in [1.807, 2.05) is 61.5 Å². The van der Waals surface area contributed by atoms with Crippen molar-refractivity contribution in [2.24, 2.45) is 0 Å². The summed E-state index contributed by atoms with van der Waals surface area (Å²) in [6.45, 7) is 1.99. The van der Waals surface area contributed by atoms with Crippen molar-refractivity contribution in [1.29, 1.82) is 0 Å². The molecule has 0 bridgehead atoms. The summed E-state index contributed by atoms with van der Waals surface area (Å²) in [6.07, 6.45) is 0. The fourth-order valence-corrected chi connectivity index (χ4v) is 2.15. The first-order valence-corrected chi connectivity index (χ1v) is 5.93. The highest BCUT2D eigenvalue weighted by atomic mass is 16.1. The summed E-state index contributed by atoms with van der Waals surface area (Å²) in [5.74, 6) is 0. The zero-order chi connectivity index (χ0) is 12.5. The molecule has 0 spiro atoms. The molecule has 3 aromatic rings. The Bertz CT molecular complexity index is 757. The maximum Gasteiger partial charge on any atom is 0.256 e. The van der Waals surface area contributed by atoms with Crippen LogP contribution in [0.2, 0.25) is 0 Å². The van der Waals surface area contributed by atoms with Crippen molar-refractivity contribution in [3.63, 3.8) is 0 Å². The number of aryl methyl sites for hydroxylation is 1. The van der Waals surface area contributed by atoms with Gasteiger partial charge in [0, 0.05) is 11.1 Å². The van der Waals surface area contributed by atoms with Crippen LogP contribution in [0.4, 0.5) is 0 Å². The molecule has 1 N–H and O–H groups in total. The summed E-state index contributed by atoms with van der Waals surface area (Å²) in [6, 6.07) is 17.8. The monoisotopic (exact) mass is 235 g/mol. The third-order valence-electron chi connectivity index (χ3n) is 3.09. The molecule has 0 fully saturated rings. The predicted molar refractivity (Wildman–Crippen MR) is 74.7 cm³/mol. The molecule has 2 heteroatoms. The quantitative estimate of drug-likeness (QED) is 0.688. The highest BCUT2D eigenvalue weighted by Crippen LogP contribution is 2.20. The van der Waals surface area contributed by atoms with Gasteiger partial charge in [-0.1, -0.05) is 48.0 Å². The van der Waals surface area contributed by atoms with E-state index < -0.39 is 0 Å². The molecular formula is C16H13NO. The van der Waals surface area contributed by atoms with Crippen molar-refractivity contribution in [3.8, 4) is 11.3 Å². The Hall–Kier alpha value is -2.35. The van der Waals surface area contributed by atoms with Crippen LogP contribution in [0.5, 0.6) is 0 Å². The van der Waals surface area contributed by atoms with Gasteiger partial charge in [0.2, 0.25) is 0 Å². The first-order chi connectivity index (χ1) is 8.74. The van der Waals surface area contributed by atoms with Crippen LogP contribution in [-0.2, 0) is 0 Å². The lowest BCUT2D eigenvalue weighted by molar-refractivity contribution is 1.27. The lowest BCUT2D eigenvalue weighted by atomic mass is 10.1. The number of hydrogen-bond acceptors (Lipinski definition) is 1. The molecule has 1 aromatic heterocycles. The molecular weight excluding hydrogens is 222 g/mol. The van der Waals surface area contributed by atoms with Gasteiger partial charge in [-0.05, 0) is 30.0 Å². The van der Waals surface area contributed by atoms with Gasteiger partial charge in [-0.15, -0.1) is 0 Å². The van der Waals surface area contributed by atoms with Gasteiger partial charge in [-0.25, -0.2) is 0 Å². The number of hydrogen-bond donors (Lipinski definition) is 1. The van der Waals surface area contributed by atoms with Gasteiger partial charge in [-0.2, -0.15) is 0 Å². The van der Waals surface area contributed by atoms with Crippen molar-refractivity contribution in [2.45, 2.75) is 6.92 Å². The lowest BCUT2D eigenvalue weighted by Crippen LogP contribution is -2.07. The number of fused-ring (bicyclic) bond motifs is 1. The van der Waals surface area contributed by atoms with Crippen LogP contribution in [0.15, 0.2) is 59.4 Å². The van der Waals surface area contributed by atoms with Gasteiger partial charge in [0.15, 0.2) is 0 Å². The van der Waals surface area contributed by atoms with Gasteiger partial charge >= 0.3 is 0 Å². The van der Waals surface area contributed by atoms with Crippen LogP contribution in [0.1, 0.15) is 5.56 Å². The van der Waals surface area contributed by atoms with Crippen molar-refractivity contribution in [2.75, 3.05) is 0 Å². The smallest absolute Gasteiger partial charge is 0.256 e. The molecule has 3 rings (SSSR count). The number of aromatic nitrogens is 1. The molecule has 0 saturated heterocycles. The number of pyridine rings is 1. The van der Waals surface area contributed by atoms with E-state index in [4.69, 9.17) is 0 Å². The van der Waals surface area contributed by atoms with Crippen LogP contribution < -0.4 is 5.56 Å². The summed E-state index contributed by atoms with van der Waals surface area (Å²) in [4.78, 5) is 15.0. The van der Waals surface area contributed by atoms with E-state index in [2.05, 4.69) is 4.98 Å². The molecule has 0 saturated carbocycles. The highest BCUT2D eigenvalue weighted by Gasteiger charge is 2.03. The average Bonchev–Trinajstić information content (AvgIpc) is 2.40. The Labute approximate surface area is 105 Å². The van der Waals surface area contributed by atoms with Crippen molar-refractivity contribution < 1.29 is 0 Å². The molecule has 0 atom stereocenters. The third-order valence-corrected chi connectivity index (χ3v) is 3.09. The summed E-state index contributed by atoms with van der Waals surface area (Å²) >= 11 is 0. The van der Waals surface area contributed by atoms with E-state index in [9.17, 15) is 4.79 Å². The van der Waals surface area contributed by atoms with Crippen LogP contribution in [0.25, 0.3) is 22.0 Å². The van der Waals surface area contributed by atoms with Crippen molar-refractivity contribution in [1.82, 2.24) is 4.98 Å². The van der Waals surface area contributed by atoms with Gasteiger partial charge in [0.25, 0.3) is 5.56 Å². The molecule has 1 heterocycles. The summed E-state index contributed by atoms with van der Waals surface area (Å²) in [7, 11) is 0. The summed E-state index contributed by atoms with van der Waals surface area (Å²) in [5.41, 5.74) is 2.95. The number of benzene rings is 2. The Morgan fingerprint density at radius 2 is 1.72 bits per heavy atom. The number of H-pyrrole nitrogens is 1. The van der Waals surface area contributed by atoms with Crippen LogP contribution in [0, 0.1) is 6.92 Å². The van der Waals surface area contributed by atoms with E-state index in [0.717, 1.165) is 27.6 Å². The van der Waals surface area contributed by atoms with E-state index in [1.165, 1.54) is 0 Å². The SMILES string of the molecule is Cc1ccc2cc(-c3ccccc3)[nH]c(=O)c2c1. The topological polar surface area (TPSA) is 32.9 Å². The second-order valence-electron chi connectivity index (χ2n) is 4.47. The largest absolute Gasteiger partial charge is 0.321 e. The zero-order valence-corrected chi connectivity index (χ0v) is 10.1. The minimum Gasteiger partial charge on any atom is -0.321 e. The lowest BCUT2D eigenvalue weighted by Gasteiger charge is -2.04. The van der Waals surface area contributed by atoms with Gasteiger partial charge in [0.05, 0.1) is 0 Å². The Morgan fingerprint density at radius 1 is 0.944 bits per heavy atom. The molecule has 0 aliphatic heterocycles. The first kappa shape index (κ1) is 10.8. The van der Waals surface area contributed by atoms with Crippen molar-refractivity contribution in [3.05, 3.63) is 70.5 Å². The van der Waals surface area contributed by atoms with E-state index >= 15 is 0 Å². The Morgan fingerprint density at radius 3 is 2.50 bits per heavy atom. The molecule has 0 aliphatic rings. The number of nitrogens with one attached hydrogen (secondary N) is 1. The molecule has 88 valence electrons.